The molecule has 2 aromatic rings. The summed E-state index contributed by atoms with van der Waals surface area (Å²) in [5.41, 5.74) is 1.10. The number of benzene rings is 2. The van der Waals surface area contributed by atoms with Gasteiger partial charge in [-0.3, -0.25) is 4.79 Å². The maximum atomic E-state index is 11.4. The number of ether oxygens (including phenoxy) is 1. The number of fused-ring (bicyclic) bond motifs is 1. The molecule has 0 bridgehead atoms. The van der Waals surface area contributed by atoms with Crippen LogP contribution >= 0.6 is 0 Å². The van der Waals surface area contributed by atoms with Crippen LogP contribution in [0.25, 0.3) is 10.8 Å². The molecule has 0 amide bonds. The summed E-state index contributed by atoms with van der Waals surface area (Å²) in [7, 11) is 3.26. The number of rotatable bonds is 4. The maximum Gasteiger partial charge on any atom is 0.307 e. The van der Waals surface area contributed by atoms with Gasteiger partial charge in [0.15, 0.2) is 0 Å². The van der Waals surface area contributed by atoms with Crippen LogP contribution < -0.4 is 5.32 Å². The predicted molar refractivity (Wildman–Crippen MR) is 72.4 cm³/mol. The minimum atomic E-state index is -0.206. The highest BCUT2D eigenvalue weighted by molar-refractivity contribution is 5.83. The zero-order chi connectivity index (χ0) is 13.0. The third kappa shape index (κ3) is 2.68. The molecule has 0 radical (unpaired) electrons. The first kappa shape index (κ1) is 12.6. The topological polar surface area (TPSA) is 38.3 Å². The van der Waals surface area contributed by atoms with E-state index in [1.807, 2.05) is 25.2 Å². The van der Waals surface area contributed by atoms with Gasteiger partial charge in [-0.05, 0) is 29.4 Å². The minimum Gasteiger partial charge on any atom is -0.469 e. The Bertz CT molecular complexity index is 551. The number of carbonyl (C=O) groups is 1. The zero-order valence-corrected chi connectivity index (χ0v) is 10.6. The summed E-state index contributed by atoms with van der Waals surface area (Å²) in [6.07, 6.45) is 0.339. The summed E-state index contributed by atoms with van der Waals surface area (Å²) in [4.78, 5) is 11.4. The molecule has 0 aliphatic heterocycles. The molecule has 94 valence electrons. The van der Waals surface area contributed by atoms with Crippen LogP contribution in [-0.4, -0.2) is 20.1 Å². The number of hydrogen-bond donors (Lipinski definition) is 1. The van der Waals surface area contributed by atoms with E-state index < -0.39 is 0 Å². The van der Waals surface area contributed by atoms with Crippen LogP contribution in [0.15, 0.2) is 42.5 Å². The zero-order valence-electron chi connectivity index (χ0n) is 10.6. The van der Waals surface area contributed by atoms with Crippen LogP contribution in [0.5, 0.6) is 0 Å². The summed E-state index contributed by atoms with van der Waals surface area (Å²) in [5.74, 6) is -0.206. The maximum absolute atomic E-state index is 11.4. The first-order valence-electron chi connectivity index (χ1n) is 5.97. The van der Waals surface area contributed by atoms with Crippen molar-refractivity contribution in [3.8, 4) is 0 Å². The van der Waals surface area contributed by atoms with Gasteiger partial charge in [0, 0.05) is 6.04 Å². The van der Waals surface area contributed by atoms with Gasteiger partial charge in [-0.15, -0.1) is 0 Å². The van der Waals surface area contributed by atoms with E-state index in [0.29, 0.717) is 6.42 Å². The second kappa shape index (κ2) is 5.65. The Balaban J connectivity index is 2.30. The largest absolute Gasteiger partial charge is 0.469 e. The van der Waals surface area contributed by atoms with Crippen molar-refractivity contribution >= 4 is 16.7 Å². The highest BCUT2D eigenvalue weighted by atomic mass is 16.5. The Hall–Kier alpha value is -1.87. The van der Waals surface area contributed by atoms with Gasteiger partial charge in [-0.1, -0.05) is 36.4 Å². The van der Waals surface area contributed by atoms with Gasteiger partial charge >= 0.3 is 5.97 Å². The summed E-state index contributed by atoms with van der Waals surface area (Å²) in [6.45, 7) is 0. The molecular formula is C15H17NO2. The molecule has 0 fully saturated rings. The van der Waals surface area contributed by atoms with Crippen LogP contribution in [-0.2, 0) is 9.53 Å². The standard InChI is InChI=1S/C15H17NO2/c1-16-14(10-15(17)18-2)13-8-7-11-5-3-4-6-12(11)9-13/h3-9,14,16H,10H2,1-2H3. The molecule has 2 rings (SSSR count). The van der Waals surface area contributed by atoms with E-state index in [2.05, 4.69) is 29.6 Å². The quantitative estimate of drug-likeness (QED) is 0.839. The third-order valence-electron chi connectivity index (χ3n) is 3.12. The molecule has 3 heteroatoms. The summed E-state index contributed by atoms with van der Waals surface area (Å²) < 4.78 is 4.71. The molecule has 0 spiro atoms. The first-order chi connectivity index (χ1) is 8.74. The van der Waals surface area contributed by atoms with Crippen molar-refractivity contribution in [2.24, 2.45) is 0 Å². The summed E-state index contributed by atoms with van der Waals surface area (Å²) >= 11 is 0. The Morgan fingerprint density at radius 3 is 2.61 bits per heavy atom. The lowest BCUT2D eigenvalue weighted by atomic mass is 10.00. The Kier molecular flexibility index (Phi) is 3.95. The van der Waals surface area contributed by atoms with E-state index in [1.165, 1.54) is 17.9 Å². The highest BCUT2D eigenvalue weighted by Gasteiger charge is 2.14. The Morgan fingerprint density at radius 2 is 1.94 bits per heavy atom. The van der Waals surface area contributed by atoms with Gasteiger partial charge in [-0.2, -0.15) is 0 Å². The molecule has 18 heavy (non-hydrogen) atoms. The molecule has 1 atom stereocenters. The lowest BCUT2D eigenvalue weighted by Gasteiger charge is -2.15. The molecule has 0 saturated carbocycles. The van der Waals surface area contributed by atoms with Crippen LogP contribution in [0, 0.1) is 0 Å². The monoisotopic (exact) mass is 243 g/mol. The molecule has 0 aliphatic carbocycles. The SMILES string of the molecule is CNC(CC(=O)OC)c1ccc2ccccc2c1. The van der Waals surface area contributed by atoms with Crippen molar-refractivity contribution in [2.75, 3.05) is 14.2 Å². The second-order valence-corrected chi connectivity index (χ2v) is 4.23. The third-order valence-corrected chi connectivity index (χ3v) is 3.12. The van der Waals surface area contributed by atoms with Crippen molar-refractivity contribution < 1.29 is 9.53 Å². The highest BCUT2D eigenvalue weighted by Crippen LogP contribution is 2.22. The van der Waals surface area contributed by atoms with Gasteiger partial charge < -0.3 is 10.1 Å². The molecule has 0 aliphatic rings. The van der Waals surface area contributed by atoms with Gasteiger partial charge in [0.2, 0.25) is 0 Å². The van der Waals surface area contributed by atoms with Crippen molar-refractivity contribution in [1.29, 1.82) is 0 Å². The van der Waals surface area contributed by atoms with Crippen molar-refractivity contribution in [1.82, 2.24) is 5.32 Å². The summed E-state index contributed by atoms with van der Waals surface area (Å²) in [6, 6.07) is 14.4. The normalized spacial score (nSPS) is 12.3. The molecule has 3 nitrogen and oxygen atoms in total. The van der Waals surface area contributed by atoms with Crippen LogP contribution in [0.3, 0.4) is 0 Å². The second-order valence-electron chi connectivity index (χ2n) is 4.23. The lowest BCUT2D eigenvalue weighted by Crippen LogP contribution is -2.20. The average molecular weight is 243 g/mol. The van der Waals surface area contributed by atoms with Crippen molar-refractivity contribution in [3.05, 3.63) is 48.0 Å². The van der Waals surface area contributed by atoms with Gasteiger partial charge in [0.1, 0.15) is 0 Å². The molecular weight excluding hydrogens is 226 g/mol. The van der Waals surface area contributed by atoms with Crippen LogP contribution in [0.4, 0.5) is 0 Å². The number of nitrogens with one attached hydrogen (secondary N) is 1. The van der Waals surface area contributed by atoms with E-state index in [-0.39, 0.29) is 12.0 Å². The smallest absolute Gasteiger partial charge is 0.307 e. The number of hydrogen-bond acceptors (Lipinski definition) is 3. The number of carbonyl (C=O) groups excluding carboxylic acids is 1. The fourth-order valence-electron chi connectivity index (χ4n) is 2.06. The minimum absolute atomic E-state index is 0.0120. The summed E-state index contributed by atoms with van der Waals surface area (Å²) in [5, 5.41) is 5.53. The first-order valence-corrected chi connectivity index (χ1v) is 5.97. The van der Waals surface area contributed by atoms with Gasteiger partial charge in [-0.25, -0.2) is 0 Å². The molecule has 0 heterocycles. The molecule has 2 aromatic carbocycles. The van der Waals surface area contributed by atoms with Crippen molar-refractivity contribution in [2.45, 2.75) is 12.5 Å². The fraction of sp³-hybridized carbons (Fsp3) is 0.267. The molecule has 0 aromatic heterocycles. The number of methoxy groups -OCH3 is 1. The van der Waals surface area contributed by atoms with E-state index in [4.69, 9.17) is 4.74 Å². The fourth-order valence-corrected chi connectivity index (χ4v) is 2.06. The van der Waals surface area contributed by atoms with E-state index >= 15 is 0 Å². The van der Waals surface area contributed by atoms with E-state index in [1.54, 1.807) is 0 Å². The van der Waals surface area contributed by atoms with Crippen molar-refractivity contribution in [3.63, 3.8) is 0 Å². The van der Waals surface area contributed by atoms with E-state index in [0.717, 1.165) is 5.56 Å². The van der Waals surface area contributed by atoms with Gasteiger partial charge in [0.05, 0.1) is 13.5 Å². The van der Waals surface area contributed by atoms with Gasteiger partial charge in [0.25, 0.3) is 0 Å². The Labute approximate surface area is 107 Å². The van der Waals surface area contributed by atoms with Crippen LogP contribution in [0.1, 0.15) is 18.0 Å². The average Bonchev–Trinajstić information content (AvgIpc) is 2.44. The Morgan fingerprint density at radius 1 is 1.22 bits per heavy atom. The predicted octanol–water partition coefficient (Wildman–Crippen LogP) is 2.66. The lowest BCUT2D eigenvalue weighted by molar-refractivity contribution is -0.141. The number of esters is 1. The molecule has 1 unspecified atom stereocenters. The van der Waals surface area contributed by atoms with Crippen LogP contribution in [0.2, 0.25) is 0 Å². The molecule has 0 saturated heterocycles. The van der Waals surface area contributed by atoms with E-state index in [9.17, 15) is 4.79 Å². The molecule has 1 N–H and O–H groups in total.